The monoisotopic (exact) mass is 544 g/mol. The van der Waals surface area contributed by atoms with Crippen molar-refractivity contribution in [3.63, 3.8) is 0 Å². The van der Waals surface area contributed by atoms with Crippen molar-refractivity contribution in [1.82, 2.24) is 4.90 Å². The number of carbonyl (C=O) groups is 3. The second-order valence-corrected chi connectivity index (χ2v) is 11.9. The highest BCUT2D eigenvalue weighted by molar-refractivity contribution is 8.32. The molecule has 3 heterocycles. The molecular weight excluding hydrogens is 520 g/mol. The first kappa shape index (κ1) is 25.5. The number of nitro benzene ring substituents is 1. The number of amides is 1. The van der Waals surface area contributed by atoms with Crippen LogP contribution in [0.5, 0.6) is 0 Å². The number of nitrogens with zero attached hydrogens (tertiary/aromatic N) is 2. The highest BCUT2D eigenvalue weighted by Crippen LogP contribution is 2.75. The normalized spacial score (nSPS) is 23.8. The molecule has 12 nitrogen and oxygen atoms in total. The van der Waals surface area contributed by atoms with Gasteiger partial charge in [0.05, 0.1) is 17.8 Å². The average molecular weight is 545 g/mol. The number of hydrogen-bond acceptors (Lipinski definition) is 10. The zero-order valence-electron chi connectivity index (χ0n) is 20.4. The summed E-state index contributed by atoms with van der Waals surface area (Å²) in [5.41, 5.74) is 0.518. The van der Waals surface area contributed by atoms with Crippen molar-refractivity contribution in [2.24, 2.45) is 0 Å². The van der Waals surface area contributed by atoms with Crippen LogP contribution in [0.4, 0.5) is 10.5 Å². The molecule has 0 saturated carbocycles. The van der Waals surface area contributed by atoms with Gasteiger partial charge in [-0.05, 0) is 30.2 Å². The number of carbonyl (C=O) groups excluding carboxylic acids is 3. The smallest absolute Gasteiger partial charge is 0.498 e. The van der Waals surface area contributed by atoms with E-state index in [4.69, 9.17) is 23.1 Å². The fraction of sp³-hybridized carbons (Fsp3) is 0.320. The maximum atomic E-state index is 13.0. The van der Waals surface area contributed by atoms with Crippen molar-refractivity contribution in [3.05, 3.63) is 87.3 Å². The topological polar surface area (TPSA) is 144 Å². The van der Waals surface area contributed by atoms with Gasteiger partial charge >= 0.3 is 12.1 Å². The molecule has 3 aliphatic heterocycles. The van der Waals surface area contributed by atoms with E-state index in [1.54, 1.807) is 6.92 Å². The predicted octanol–water partition coefficient (Wildman–Crippen LogP) is 3.50. The number of ether oxygens (including phenoxy) is 4. The first-order valence-electron chi connectivity index (χ1n) is 11.6. The van der Waals surface area contributed by atoms with E-state index >= 15 is 0 Å². The van der Waals surface area contributed by atoms with E-state index in [9.17, 15) is 24.5 Å². The SMILES string of the molecule is COC1=C(C(=O)OCc2ccccc2)N2C(=O)[C@@H]3O[S@@](C(C)OC(=O)OCc4ccc([N+](=O)[O-])cc4)(C1)[C@@H]32. The molecule has 0 radical (unpaired) electrons. The van der Waals surface area contributed by atoms with Crippen molar-refractivity contribution in [1.29, 1.82) is 0 Å². The fourth-order valence-electron chi connectivity index (χ4n) is 4.53. The van der Waals surface area contributed by atoms with Gasteiger partial charge in [0.1, 0.15) is 24.3 Å². The van der Waals surface area contributed by atoms with E-state index in [0.29, 0.717) is 5.56 Å². The molecule has 5 rings (SSSR count). The van der Waals surface area contributed by atoms with E-state index in [2.05, 4.69) is 0 Å². The molecule has 0 N–H and O–H groups in total. The number of nitro groups is 1. The molecule has 0 aromatic heterocycles. The molecule has 0 aliphatic carbocycles. The molecule has 2 fully saturated rings. The van der Waals surface area contributed by atoms with Gasteiger partial charge in [0.15, 0.2) is 17.2 Å². The number of esters is 1. The molecule has 13 heteroatoms. The van der Waals surface area contributed by atoms with Crippen LogP contribution in [0.25, 0.3) is 0 Å². The summed E-state index contributed by atoms with van der Waals surface area (Å²) in [6, 6.07) is 14.7. The Bertz CT molecular complexity index is 1320. The Hall–Kier alpha value is -4.10. The molecule has 0 bridgehead atoms. The van der Waals surface area contributed by atoms with Crippen LogP contribution in [0.1, 0.15) is 18.1 Å². The van der Waals surface area contributed by atoms with Crippen LogP contribution in [-0.2, 0) is 45.9 Å². The Morgan fingerprint density at radius 1 is 1.11 bits per heavy atom. The Morgan fingerprint density at radius 3 is 2.42 bits per heavy atom. The minimum atomic E-state index is -2.22. The van der Waals surface area contributed by atoms with Crippen LogP contribution in [0.15, 0.2) is 66.1 Å². The standard InChI is InChI=1S/C25H24N2O10S/c1-15(36-25(30)35-13-17-8-10-18(11-9-17)27(31)32)38-14-19(33-2)20(26-22(28)21(37-38)23(26)38)24(29)34-12-16-6-4-3-5-7-16/h3-11,15,21,23H,12-14H2,1-2H3/t15?,21-,23-/m0/s1. The zero-order chi connectivity index (χ0) is 27.0. The Morgan fingerprint density at radius 2 is 1.76 bits per heavy atom. The molecule has 0 spiro atoms. The average Bonchev–Trinajstić information content (AvgIpc) is 2.91. The second kappa shape index (κ2) is 9.99. The molecule has 2 aromatic carbocycles. The lowest BCUT2D eigenvalue weighted by atomic mass is 10.1. The molecule has 1 amide bonds. The summed E-state index contributed by atoms with van der Waals surface area (Å²) in [7, 11) is -0.834. The van der Waals surface area contributed by atoms with Gasteiger partial charge in [-0.15, -0.1) is 0 Å². The number of β-lactam (4-membered cyclic amide) rings is 1. The Kier molecular flexibility index (Phi) is 6.71. The predicted molar refractivity (Wildman–Crippen MR) is 132 cm³/mol. The molecule has 200 valence electrons. The second-order valence-electron chi connectivity index (χ2n) is 8.73. The van der Waals surface area contributed by atoms with E-state index in [0.717, 1.165) is 5.56 Å². The van der Waals surface area contributed by atoms with Crippen LogP contribution >= 0.6 is 10.3 Å². The van der Waals surface area contributed by atoms with Crippen LogP contribution in [0.3, 0.4) is 0 Å². The number of rotatable bonds is 9. The van der Waals surface area contributed by atoms with Gasteiger partial charge < -0.3 is 23.1 Å². The van der Waals surface area contributed by atoms with Crippen molar-refractivity contribution in [2.45, 2.75) is 37.1 Å². The highest BCUT2D eigenvalue weighted by atomic mass is 32.3. The summed E-state index contributed by atoms with van der Waals surface area (Å²) in [6.45, 7) is 1.53. The minimum absolute atomic E-state index is 0.0326. The maximum absolute atomic E-state index is 13.0. The highest BCUT2D eigenvalue weighted by Gasteiger charge is 2.73. The summed E-state index contributed by atoms with van der Waals surface area (Å²) in [5, 5.41) is 10.3. The summed E-state index contributed by atoms with van der Waals surface area (Å²) < 4.78 is 27.6. The van der Waals surface area contributed by atoms with Crippen LogP contribution in [0.2, 0.25) is 0 Å². The van der Waals surface area contributed by atoms with Crippen molar-refractivity contribution in [3.8, 4) is 0 Å². The summed E-state index contributed by atoms with van der Waals surface area (Å²) in [5.74, 6) is -0.697. The number of non-ortho nitro benzene ring substituents is 1. The summed E-state index contributed by atoms with van der Waals surface area (Å²) >= 11 is 0. The number of hydrogen-bond donors (Lipinski definition) is 0. The molecular formula is C25H24N2O10S. The summed E-state index contributed by atoms with van der Waals surface area (Å²) in [6.07, 6.45) is -1.68. The van der Waals surface area contributed by atoms with Crippen molar-refractivity contribution < 1.29 is 42.4 Å². The van der Waals surface area contributed by atoms with Crippen LogP contribution in [0, 0.1) is 10.1 Å². The van der Waals surface area contributed by atoms with Gasteiger partial charge in [-0.3, -0.25) is 19.8 Å². The van der Waals surface area contributed by atoms with Crippen molar-refractivity contribution >= 4 is 34.0 Å². The molecule has 2 aromatic rings. The van der Waals surface area contributed by atoms with Crippen LogP contribution in [-0.4, -0.2) is 57.6 Å². The van der Waals surface area contributed by atoms with E-state index in [1.165, 1.54) is 36.3 Å². The minimum Gasteiger partial charge on any atom is -0.498 e. The lowest BCUT2D eigenvalue weighted by molar-refractivity contribution is -0.384. The third-order valence-corrected chi connectivity index (χ3v) is 10.3. The van der Waals surface area contributed by atoms with Gasteiger partial charge in [0.2, 0.25) is 0 Å². The van der Waals surface area contributed by atoms with Gasteiger partial charge in [-0.1, -0.05) is 40.6 Å². The van der Waals surface area contributed by atoms with Gasteiger partial charge in [0.25, 0.3) is 11.6 Å². The fourth-order valence-corrected chi connectivity index (χ4v) is 8.13. The van der Waals surface area contributed by atoms with E-state index in [1.807, 2.05) is 30.3 Å². The van der Waals surface area contributed by atoms with E-state index in [-0.39, 0.29) is 42.0 Å². The Balaban J connectivity index is 1.25. The molecule has 38 heavy (non-hydrogen) atoms. The van der Waals surface area contributed by atoms with E-state index < -0.39 is 44.3 Å². The molecule has 3 aliphatic rings. The molecule has 4 atom stereocenters. The first-order chi connectivity index (χ1) is 18.2. The third kappa shape index (κ3) is 4.33. The lowest BCUT2D eigenvalue weighted by Crippen LogP contribution is -2.77. The van der Waals surface area contributed by atoms with Crippen molar-refractivity contribution in [2.75, 3.05) is 12.9 Å². The molecule has 2 saturated heterocycles. The summed E-state index contributed by atoms with van der Waals surface area (Å²) in [4.78, 5) is 49.8. The number of benzene rings is 2. The third-order valence-electron chi connectivity index (χ3n) is 6.53. The number of methoxy groups -OCH3 is 1. The first-order valence-corrected chi connectivity index (χ1v) is 13.5. The lowest BCUT2D eigenvalue weighted by Gasteiger charge is -2.70. The van der Waals surface area contributed by atoms with Gasteiger partial charge in [-0.2, -0.15) is 0 Å². The quantitative estimate of drug-likeness (QED) is 0.199. The van der Waals surface area contributed by atoms with Gasteiger partial charge in [0, 0.05) is 12.1 Å². The largest absolute Gasteiger partial charge is 0.509 e. The van der Waals surface area contributed by atoms with Crippen LogP contribution < -0.4 is 0 Å². The van der Waals surface area contributed by atoms with Gasteiger partial charge in [-0.25, -0.2) is 9.59 Å². The zero-order valence-corrected chi connectivity index (χ0v) is 21.3. The molecule has 1 unspecified atom stereocenters. The maximum Gasteiger partial charge on any atom is 0.509 e. The Labute approximate surface area is 218 Å².